The van der Waals surface area contributed by atoms with Crippen LogP contribution in [0, 0.1) is 17.8 Å². The van der Waals surface area contributed by atoms with E-state index < -0.39 is 60.2 Å². The topological polar surface area (TPSA) is 158 Å². The molecule has 0 bridgehead atoms. The predicted octanol–water partition coefficient (Wildman–Crippen LogP) is 3.37. The maximum Gasteiger partial charge on any atom is 0.326 e. The van der Waals surface area contributed by atoms with E-state index in [1.165, 1.54) is 14.2 Å². The Bertz CT molecular complexity index is 1390. The Morgan fingerprint density at radius 1 is 0.981 bits per heavy atom. The zero-order valence-electron chi connectivity index (χ0n) is 33.8. The van der Waals surface area contributed by atoms with Gasteiger partial charge in [0, 0.05) is 34.2 Å². The molecule has 1 aromatic rings. The van der Waals surface area contributed by atoms with Crippen LogP contribution in [-0.2, 0) is 39.9 Å². The molecule has 13 heteroatoms. The largest absolute Gasteiger partial charge is 0.480 e. The molecule has 0 aromatic heterocycles. The average molecular weight is 744 g/mol. The van der Waals surface area contributed by atoms with Gasteiger partial charge in [0.2, 0.25) is 23.6 Å². The van der Waals surface area contributed by atoms with Gasteiger partial charge in [-0.05, 0) is 51.3 Å². The van der Waals surface area contributed by atoms with E-state index in [0.717, 1.165) is 5.56 Å². The maximum absolute atomic E-state index is 14.2. The zero-order chi connectivity index (χ0) is 40.2. The van der Waals surface area contributed by atoms with Gasteiger partial charge in [0.15, 0.2) is 0 Å². The highest BCUT2D eigenvalue weighted by atomic mass is 16.5. The van der Waals surface area contributed by atoms with Crippen LogP contribution in [0.25, 0.3) is 0 Å². The van der Waals surface area contributed by atoms with Gasteiger partial charge >= 0.3 is 5.97 Å². The van der Waals surface area contributed by atoms with Gasteiger partial charge in [-0.3, -0.25) is 24.1 Å². The number of hydrogen-bond acceptors (Lipinski definition) is 8. The van der Waals surface area contributed by atoms with E-state index in [0.29, 0.717) is 31.4 Å². The SMILES string of the molecule is C=C(C)[C@@H](C(=O)N[C@H](C(=O)N(C)[C@@H]([C@@H](C)CC)[C@@H](CC(=O)N1CCC[C@H]1[C@H](OC)[C@@H](C)C(=O)N[C@@H](Cc1ccccc1)C(=O)O)OC)C(C)C)N(C)C. The van der Waals surface area contributed by atoms with Crippen molar-refractivity contribution in [3.8, 4) is 0 Å². The van der Waals surface area contributed by atoms with Crippen LogP contribution in [0.4, 0.5) is 0 Å². The van der Waals surface area contributed by atoms with Crippen LogP contribution < -0.4 is 10.6 Å². The second kappa shape index (κ2) is 21.2. The molecule has 0 radical (unpaired) electrons. The number of aliphatic carboxylic acids is 1. The monoisotopic (exact) mass is 743 g/mol. The van der Waals surface area contributed by atoms with E-state index in [2.05, 4.69) is 17.2 Å². The van der Waals surface area contributed by atoms with E-state index in [-0.39, 0.29) is 42.4 Å². The molecule has 3 N–H and O–H groups in total. The van der Waals surface area contributed by atoms with Crippen molar-refractivity contribution in [2.45, 2.75) is 116 Å². The minimum atomic E-state index is -1.14. The molecule has 1 aliphatic rings. The molecule has 1 aromatic carbocycles. The Labute approximate surface area is 316 Å². The normalized spacial score (nSPS) is 19.0. The van der Waals surface area contributed by atoms with Crippen LogP contribution in [0.1, 0.15) is 72.8 Å². The van der Waals surface area contributed by atoms with Crippen molar-refractivity contribution in [3.63, 3.8) is 0 Å². The number of rotatable bonds is 21. The van der Waals surface area contributed by atoms with Crippen molar-refractivity contribution >= 4 is 29.6 Å². The summed E-state index contributed by atoms with van der Waals surface area (Å²) in [5.41, 5.74) is 1.44. The van der Waals surface area contributed by atoms with E-state index in [1.807, 2.05) is 58.0 Å². The lowest BCUT2D eigenvalue weighted by molar-refractivity contribution is -0.148. The summed E-state index contributed by atoms with van der Waals surface area (Å²) in [5, 5.41) is 15.5. The van der Waals surface area contributed by atoms with Gasteiger partial charge in [0.25, 0.3) is 0 Å². The van der Waals surface area contributed by atoms with Crippen molar-refractivity contribution < 1.29 is 38.6 Å². The maximum atomic E-state index is 14.2. The molecule has 0 spiro atoms. The smallest absolute Gasteiger partial charge is 0.326 e. The molecule has 1 fully saturated rings. The van der Waals surface area contributed by atoms with E-state index in [4.69, 9.17) is 9.47 Å². The quantitative estimate of drug-likeness (QED) is 0.161. The molecular formula is C40H65N5O8. The Kier molecular flexibility index (Phi) is 18.1. The van der Waals surface area contributed by atoms with E-state index in [9.17, 15) is 29.1 Å². The van der Waals surface area contributed by atoms with Crippen LogP contribution in [0.15, 0.2) is 42.5 Å². The number of carbonyl (C=O) groups excluding carboxylic acids is 4. The Morgan fingerprint density at radius 2 is 1.60 bits per heavy atom. The number of ether oxygens (including phenoxy) is 2. The second-order valence-electron chi connectivity index (χ2n) is 15.1. The van der Waals surface area contributed by atoms with Gasteiger partial charge in [-0.1, -0.05) is 83.5 Å². The molecule has 1 heterocycles. The minimum absolute atomic E-state index is 0.0220. The Morgan fingerprint density at radius 3 is 2.09 bits per heavy atom. The Balaban J connectivity index is 2.28. The first-order chi connectivity index (χ1) is 24.9. The lowest BCUT2D eigenvalue weighted by atomic mass is 9.89. The fraction of sp³-hybridized carbons (Fsp3) is 0.675. The number of amides is 4. The molecule has 9 atom stereocenters. The fourth-order valence-electron chi connectivity index (χ4n) is 7.52. The summed E-state index contributed by atoms with van der Waals surface area (Å²) in [5.74, 6) is -3.44. The number of likely N-dealkylation sites (tertiary alicyclic amines) is 1. The van der Waals surface area contributed by atoms with Crippen LogP contribution in [0.3, 0.4) is 0 Å². The van der Waals surface area contributed by atoms with E-state index in [1.54, 1.807) is 49.7 Å². The first-order valence-electron chi connectivity index (χ1n) is 18.7. The lowest BCUT2D eigenvalue weighted by Gasteiger charge is -2.41. The molecule has 13 nitrogen and oxygen atoms in total. The van der Waals surface area contributed by atoms with Crippen LogP contribution in [-0.4, -0.2) is 134 Å². The highest BCUT2D eigenvalue weighted by molar-refractivity contribution is 5.91. The van der Waals surface area contributed by atoms with E-state index >= 15 is 0 Å². The summed E-state index contributed by atoms with van der Waals surface area (Å²) in [6.45, 7) is 15.7. The summed E-state index contributed by atoms with van der Waals surface area (Å²) in [7, 11) is 8.29. The predicted molar refractivity (Wildman–Crippen MR) is 205 cm³/mol. The highest BCUT2D eigenvalue weighted by Crippen LogP contribution is 2.30. The third-order valence-electron chi connectivity index (χ3n) is 10.6. The molecule has 4 amide bonds. The first kappa shape index (κ1) is 45.3. The molecule has 0 saturated carbocycles. The molecule has 0 unspecified atom stereocenters. The molecule has 1 aliphatic heterocycles. The van der Waals surface area contributed by atoms with Crippen molar-refractivity contribution in [1.82, 2.24) is 25.3 Å². The Hall–Kier alpha value is -3.81. The number of likely N-dealkylation sites (N-methyl/N-ethyl adjacent to an activating group) is 2. The number of carbonyl (C=O) groups is 5. The number of benzene rings is 1. The third-order valence-corrected chi connectivity index (χ3v) is 10.6. The molecule has 1 saturated heterocycles. The standard InChI is InChI=1S/C40H65N5O8/c1-13-26(6)35(44(10)39(49)33(24(2)3)42-38(48)34(25(4)5)43(8)9)31(52-11)23-32(46)45-21-17-20-30(45)36(53-12)27(7)37(47)41-29(40(50)51)22-28-18-15-14-16-19-28/h14-16,18-19,24,26-27,29-31,33-36H,4,13,17,20-23H2,1-3,5-12H3,(H,41,47)(H,42,48)(H,50,51)/t26-,27+,29-,30-,31+,33-,34-,35-,36+/m0/s1. The highest BCUT2D eigenvalue weighted by Gasteiger charge is 2.43. The number of carboxylic acids is 1. The van der Waals surface area contributed by atoms with Gasteiger partial charge < -0.3 is 35.0 Å². The molecule has 2 rings (SSSR count). The molecule has 298 valence electrons. The molecule has 0 aliphatic carbocycles. The van der Waals surface area contributed by atoms with Crippen LogP contribution >= 0.6 is 0 Å². The van der Waals surface area contributed by atoms with Gasteiger partial charge in [-0.2, -0.15) is 0 Å². The van der Waals surface area contributed by atoms with Gasteiger partial charge in [0.1, 0.15) is 18.1 Å². The van der Waals surface area contributed by atoms with Crippen molar-refractivity contribution in [2.24, 2.45) is 17.8 Å². The summed E-state index contributed by atoms with van der Waals surface area (Å²) in [4.78, 5) is 72.3. The minimum Gasteiger partial charge on any atom is -0.480 e. The fourth-order valence-corrected chi connectivity index (χ4v) is 7.52. The number of nitrogens with zero attached hydrogens (tertiary/aromatic N) is 3. The molecule has 53 heavy (non-hydrogen) atoms. The number of carboxylic acid groups (broad SMARTS) is 1. The lowest BCUT2D eigenvalue weighted by Crippen LogP contribution is -2.59. The van der Waals surface area contributed by atoms with Gasteiger partial charge in [-0.15, -0.1) is 0 Å². The van der Waals surface area contributed by atoms with Crippen molar-refractivity contribution in [1.29, 1.82) is 0 Å². The van der Waals surface area contributed by atoms with Crippen LogP contribution in [0.2, 0.25) is 0 Å². The zero-order valence-corrected chi connectivity index (χ0v) is 33.8. The molecular weight excluding hydrogens is 678 g/mol. The van der Waals surface area contributed by atoms with Gasteiger partial charge in [0.05, 0.1) is 36.6 Å². The summed E-state index contributed by atoms with van der Waals surface area (Å²) < 4.78 is 11.8. The van der Waals surface area contributed by atoms with Crippen molar-refractivity contribution in [3.05, 3.63) is 48.0 Å². The third kappa shape index (κ3) is 12.1. The summed E-state index contributed by atoms with van der Waals surface area (Å²) >= 11 is 0. The van der Waals surface area contributed by atoms with Crippen molar-refractivity contribution in [2.75, 3.05) is 41.9 Å². The first-order valence-corrected chi connectivity index (χ1v) is 18.7. The average Bonchev–Trinajstić information content (AvgIpc) is 3.59. The summed E-state index contributed by atoms with van der Waals surface area (Å²) in [6.07, 6.45) is 0.761. The van der Waals surface area contributed by atoms with Crippen LogP contribution in [0.5, 0.6) is 0 Å². The number of methoxy groups -OCH3 is 2. The summed E-state index contributed by atoms with van der Waals surface area (Å²) in [6, 6.07) is 5.62. The number of hydrogen-bond donors (Lipinski definition) is 3. The number of nitrogens with one attached hydrogen (secondary N) is 2. The van der Waals surface area contributed by atoms with Gasteiger partial charge in [-0.25, -0.2) is 4.79 Å². The second-order valence-corrected chi connectivity index (χ2v) is 15.1.